The molecule has 188 valence electrons. The highest BCUT2D eigenvalue weighted by atomic mass is 16.5. The standard InChI is InChI=1S/C32H32N2O3/c1-20-10-12-22(13-11-20)30(36)29-27(21-14-16-24(37-4)17-15-21)28-25(18-32(2,3)19-26(28)35)34(31(29)33)23-8-6-5-7-9-23/h5-17,27,33,36H,18-19H2,1-4H3/b30-29+,33-31?/t27-/m1/s1. The molecule has 5 heteroatoms. The van der Waals surface area contributed by atoms with Crippen molar-refractivity contribution >= 4 is 23.1 Å². The van der Waals surface area contributed by atoms with Gasteiger partial charge in [0.25, 0.3) is 0 Å². The number of nitrogens with zero attached hydrogens (tertiary/aromatic N) is 1. The molecule has 37 heavy (non-hydrogen) atoms. The highest BCUT2D eigenvalue weighted by molar-refractivity contribution is 6.19. The number of para-hydroxylation sites is 1. The molecule has 5 nitrogen and oxygen atoms in total. The lowest BCUT2D eigenvalue weighted by molar-refractivity contribution is -0.118. The summed E-state index contributed by atoms with van der Waals surface area (Å²) in [6.45, 7) is 6.19. The maximum absolute atomic E-state index is 13.9. The van der Waals surface area contributed by atoms with Crippen LogP contribution in [0.25, 0.3) is 5.76 Å². The summed E-state index contributed by atoms with van der Waals surface area (Å²) in [6, 6.07) is 24.9. The molecular weight excluding hydrogens is 460 g/mol. The van der Waals surface area contributed by atoms with Crippen molar-refractivity contribution in [3.63, 3.8) is 0 Å². The third kappa shape index (κ3) is 4.46. The molecule has 0 fully saturated rings. The number of ether oxygens (including phenoxy) is 1. The molecule has 1 aliphatic heterocycles. The fraction of sp³-hybridized carbons (Fsp3) is 0.250. The predicted octanol–water partition coefficient (Wildman–Crippen LogP) is 7.20. The number of hydrogen-bond donors (Lipinski definition) is 2. The number of methoxy groups -OCH3 is 1. The fourth-order valence-corrected chi connectivity index (χ4v) is 5.47. The number of aliphatic hydroxyl groups excluding tert-OH is 1. The van der Waals surface area contributed by atoms with Gasteiger partial charge < -0.3 is 9.84 Å². The number of aryl methyl sites for hydroxylation is 1. The first-order chi connectivity index (χ1) is 17.7. The van der Waals surface area contributed by atoms with Gasteiger partial charge in [-0.05, 0) is 48.6 Å². The minimum Gasteiger partial charge on any atom is -0.507 e. The smallest absolute Gasteiger partial charge is 0.162 e. The first kappa shape index (κ1) is 24.6. The SMILES string of the molecule is COc1ccc([C@@H]2C3=C(CC(C)(C)CC3=O)N(c3ccccc3)C(=N)/C2=C(/O)c2ccc(C)cc2)cc1. The van der Waals surface area contributed by atoms with Gasteiger partial charge in [0.05, 0.1) is 7.11 Å². The molecule has 0 bridgehead atoms. The highest BCUT2D eigenvalue weighted by Crippen LogP contribution is 2.51. The van der Waals surface area contributed by atoms with Gasteiger partial charge in [0.1, 0.15) is 17.3 Å². The van der Waals surface area contributed by atoms with E-state index in [0.29, 0.717) is 35.3 Å². The van der Waals surface area contributed by atoms with Gasteiger partial charge in [0.15, 0.2) is 5.78 Å². The quantitative estimate of drug-likeness (QED) is 0.378. The van der Waals surface area contributed by atoms with Gasteiger partial charge in [0, 0.05) is 40.4 Å². The van der Waals surface area contributed by atoms with Gasteiger partial charge in [-0.2, -0.15) is 0 Å². The van der Waals surface area contributed by atoms with E-state index in [-0.39, 0.29) is 22.8 Å². The van der Waals surface area contributed by atoms with Crippen LogP contribution in [0.5, 0.6) is 5.75 Å². The van der Waals surface area contributed by atoms with E-state index < -0.39 is 5.92 Å². The van der Waals surface area contributed by atoms with E-state index in [1.54, 1.807) is 7.11 Å². The maximum atomic E-state index is 13.9. The van der Waals surface area contributed by atoms with Gasteiger partial charge >= 0.3 is 0 Å². The summed E-state index contributed by atoms with van der Waals surface area (Å²) in [4.78, 5) is 15.8. The topological polar surface area (TPSA) is 73.6 Å². The number of ketones is 1. The van der Waals surface area contributed by atoms with Crippen molar-refractivity contribution < 1.29 is 14.6 Å². The molecule has 3 aromatic carbocycles. The molecule has 0 saturated heterocycles. The largest absolute Gasteiger partial charge is 0.507 e. The summed E-state index contributed by atoms with van der Waals surface area (Å²) in [5, 5.41) is 21.2. The Hall–Kier alpha value is -4.12. The molecule has 0 saturated carbocycles. The molecule has 1 atom stereocenters. The van der Waals surface area contributed by atoms with E-state index in [1.807, 2.05) is 90.7 Å². The van der Waals surface area contributed by atoms with E-state index in [1.165, 1.54) is 0 Å². The van der Waals surface area contributed by atoms with Crippen LogP contribution in [-0.4, -0.2) is 23.8 Å². The molecule has 0 radical (unpaired) electrons. The molecule has 1 heterocycles. The highest BCUT2D eigenvalue weighted by Gasteiger charge is 2.46. The van der Waals surface area contributed by atoms with Crippen molar-refractivity contribution in [1.29, 1.82) is 5.41 Å². The van der Waals surface area contributed by atoms with Crippen LogP contribution in [0, 0.1) is 17.7 Å². The zero-order valence-corrected chi connectivity index (χ0v) is 21.7. The minimum absolute atomic E-state index is 0.0101. The number of allylic oxidation sites excluding steroid dienone is 2. The molecule has 2 aliphatic rings. The van der Waals surface area contributed by atoms with Crippen molar-refractivity contribution in [1.82, 2.24) is 0 Å². The van der Waals surface area contributed by atoms with E-state index in [9.17, 15) is 15.3 Å². The minimum atomic E-state index is -0.571. The second kappa shape index (κ2) is 9.40. The van der Waals surface area contributed by atoms with Gasteiger partial charge in [-0.15, -0.1) is 0 Å². The monoisotopic (exact) mass is 492 g/mol. The average molecular weight is 493 g/mol. The zero-order chi connectivity index (χ0) is 26.3. The van der Waals surface area contributed by atoms with Crippen molar-refractivity contribution in [2.75, 3.05) is 12.0 Å². The molecule has 0 amide bonds. The number of carbonyl (C=O) groups excluding carboxylic acids is 1. The number of benzene rings is 3. The summed E-state index contributed by atoms with van der Waals surface area (Å²) >= 11 is 0. The molecule has 5 rings (SSSR count). The number of nitrogens with one attached hydrogen (secondary N) is 1. The third-order valence-electron chi connectivity index (χ3n) is 7.27. The number of Topliss-reactive ketones (excluding diaryl/α,β-unsaturated/α-hetero) is 1. The summed E-state index contributed by atoms with van der Waals surface area (Å²) in [5.41, 5.74) is 4.99. The van der Waals surface area contributed by atoms with E-state index in [0.717, 1.165) is 22.5 Å². The summed E-state index contributed by atoms with van der Waals surface area (Å²) in [5.74, 6) is 0.373. The Morgan fingerprint density at radius 2 is 1.62 bits per heavy atom. The Morgan fingerprint density at radius 3 is 2.24 bits per heavy atom. The summed E-state index contributed by atoms with van der Waals surface area (Å²) in [7, 11) is 1.62. The van der Waals surface area contributed by atoms with E-state index in [2.05, 4.69) is 13.8 Å². The number of anilines is 1. The fourth-order valence-electron chi connectivity index (χ4n) is 5.47. The third-order valence-corrected chi connectivity index (χ3v) is 7.27. The average Bonchev–Trinajstić information content (AvgIpc) is 2.88. The second-order valence-corrected chi connectivity index (χ2v) is 10.7. The van der Waals surface area contributed by atoms with Crippen LogP contribution in [0.3, 0.4) is 0 Å². The second-order valence-electron chi connectivity index (χ2n) is 10.7. The zero-order valence-electron chi connectivity index (χ0n) is 21.7. The van der Waals surface area contributed by atoms with Gasteiger partial charge in [-0.25, -0.2) is 0 Å². The summed E-state index contributed by atoms with van der Waals surface area (Å²) < 4.78 is 5.37. The van der Waals surface area contributed by atoms with Crippen LogP contribution in [0.15, 0.2) is 95.7 Å². The lowest BCUT2D eigenvalue weighted by Gasteiger charge is -2.45. The number of carbonyl (C=O) groups is 1. The van der Waals surface area contributed by atoms with Crippen LogP contribution in [0.1, 0.15) is 49.3 Å². The molecule has 0 spiro atoms. The van der Waals surface area contributed by atoms with Crippen molar-refractivity contribution in [3.05, 3.63) is 112 Å². The van der Waals surface area contributed by atoms with E-state index >= 15 is 0 Å². The molecule has 2 N–H and O–H groups in total. The van der Waals surface area contributed by atoms with E-state index in [4.69, 9.17) is 4.74 Å². The van der Waals surface area contributed by atoms with Crippen LogP contribution in [0.4, 0.5) is 5.69 Å². The maximum Gasteiger partial charge on any atom is 0.162 e. The molecule has 0 unspecified atom stereocenters. The Kier molecular flexibility index (Phi) is 6.24. The van der Waals surface area contributed by atoms with Crippen LogP contribution < -0.4 is 9.64 Å². The van der Waals surface area contributed by atoms with Crippen LogP contribution in [0.2, 0.25) is 0 Å². The lowest BCUT2D eigenvalue weighted by Crippen LogP contribution is -2.45. The van der Waals surface area contributed by atoms with Crippen molar-refractivity contribution in [2.24, 2.45) is 5.41 Å². The first-order valence-electron chi connectivity index (χ1n) is 12.5. The lowest BCUT2D eigenvalue weighted by atomic mass is 9.67. The number of hydrogen-bond acceptors (Lipinski definition) is 4. The molecule has 3 aromatic rings. The van der Waals surface area contributed by atoms with Crippen molar-refractivity contribution in [2.45, 2.75) is 39.5 Å². The summed E-state index contributed by atoms with van der Waals surface area (Å²) in [6.07, 6.45) is 1.06. The molecular formula is C32H32N2O3. The van der Waals surface area contributed by atoms with Crippen LogP contribution >= 0.6 is 0 Å². The van der Waals surface area contributed by atoms with Gasteiger partial charge in [0.2, 0.25) is 0 Å². The molecule has 1 aliphatic carbocycles. The Morgan fingerprint density at radius 1 is 0.973 bits per heavy atom. The van der Waals surface area contributed by atoms with Gasteiger partial charge in [-0.1, -0.05) is 74.0 Å². The van der Waals surface area contributed by atoms with Crippen molar-refractivity contribution in [3.8, 4) is 5.75 Å². The molecule has 0 aromatic heterocycles. The normalized spacial score (nSPS) is 20.5. The Bertz CT molecular complexity index is 1420. The Labute approximate surface area is 218 Å². The number of rotatable bonds is 4. The number of aliphatic hydroxyl groups is 1. The van der Waals surface area contributed by atoms with Gasteiger partial charge in [-0.3, -0.25) is 15.1 Å². The van der Waals surface area contributed by atoms with Crippen LogP contribution in [-0.2, 0) is 4.79 Å². The number of amidine groups is 1. The predicted molar refractivity (Wildman–Crippen MR) is 148 cm³/mol. The Balaban J connectivity index is 1.83. The first-order valence-corrected chi connectivity index (χ1v) is 12.5.